The first-order valence-corrected chi connectivity index (χ1v) is 21.0. The third kappa shape index (κ3) is 9.63. The van der Waals surface area contributed by atoms with Gasteiger partial charge in [-0.05, 0) is 66.6 Å². The van der Waals surface area contributed by atoms with Crippen LogP contribution >= 0.6 is 0 Å². The average molecular weight is 885 g/mol. The summed E-state index contributed by atoms with van der Waals surface area (Å²) >= 11 is 0. The van der Waals surface area contributed by atoms with Gasteiger partial charge >= 0.3 is 23.9 Å². The predicted octanol–water partition coefficient (Wildman–Crippen LogP) is 5.50. The zero-order chi connectivity index (χ0) is 45.8. The number of carboxylic acid groups (broad SMARTS) is 4. The van der Waals surface area contributed by atoms with Crippen LogP contribution in [-0.2, 0) is 14.4 Å². The fourth-order valence-electron chi connectivity index (χ4n) is 7.99. The number of nitrogens with zero attached hydrogens (tertiary/aromatic N) is 4. The Morgan fingerprint density at radius 3 is 2.09 bits per heavy atom. The van der Waals surface area contributed by atoms with Crippen molar-refractivity contribution in [2.45, 2.75) is 12.8 Å². The minimum absolute atomic E-state index is 0.0713. The van der Waals surface area contributed by atoms with Crippen LogP contribution in [0.5, 0.6) is 11.5 Å². The number of hydrogen-bond acceptors (Lipinski definition) is 11. The highest BCUT2D eigenvalue weighted by Crippen LogP contribution is 2.43. The molecule has 0 spiro atoms. The summed E-state index contributed by atoms with van der Waals surface area (Å²) in [6, 6.07) is 27.5. The SMILES string of the molecule is CN(CC(=O)O)c1ccc(NC(=O)c2ccc(-c3c4ccc(=[N+]5CCC5)cc-4oc4cc(N5CCC5)ccc34)c(C(=O)O)c2)cc1OCCOc1ccccc1N(CC(=O)O)CC(=O)O. The van der Waals surface area contributed by atoms with Crippen LogP contribution < -0.4 is 39.4 Å². The number of rotatable bonds is 18. The second-order valence-electron chi connectivity index (χ2n) is 15.8. The first-order valence-electron chi connectivity index (χ1n) is 21.0. The van der Waals surface area contributed by atoms with Crippen LogP contribution in [0.2, 0.25) is 0 Å². The number of aliphatic carboxylic acids is 3. The summed E-state index contributed by atoms with van der Waals surface area (Å²) in [6.07, 6.45) is 2.21. The van der Waals surface area contributed by atoms with Gasteiger partial charge in [-0.1, -0.05) is 18.2 Å². The fraction of sp³-hybridized carbons (Fsp3) is 0.250. The van der Waals surface area contributed by atoms with Crippen molar-refractivity contribution in [1.29, 1.82) is 0 Å². The fourth-order valence-corrected chi connectivity index (χ4v) is 7.99. The van der Waals surface area contributed by atoms with Crippen LogP contribution in [0.1, 0.15) is 33.6 Å². The Kier molecular flexibility index (Phi) is 12.5. The number of benzene rings is 5. The number of carbonyl (C=O) groups is 5. The monoisotopic (exact) mass is 884 g/mol. The summed E-state index contributed by atoms with van der Waals surface area (Å²) in [4.78, 5) is 66.4. The van der Waals surface area contributed by atoms with E-state index in [-0.39, 0.29) is 53.8 Å². The van der Waals surface area contributed by atoms with E-state index in [1.54, 1.807) is 49.5 Å². The lowest BCUT2D eigenvalue weighted by molar-refractivity contribution is -0.137. The molecule has 4 aromatic carbocycles. The van der Waals surface area contributed by atoms with Crippen molar-refractivity contribution in [3.63, 3.8) is 0 Å². The van der Waals surface area contributed by atoms with Crippen LogP contribution in [0, 0.1) is 0 Å². The molecule has 17 nitrogen and oxygen atoms in total. The molecular weight excluding hydrogens is 839 g/mol. The molecule has 4 aliphatic rings. The van der Waals surface area contributed by atoms with Crippen LogP contribution in [-0.4, -0.2) is 116 Å². The molecule has 2 saturated heterocycles. The van der Waals surface area contributed by atoms with Gasteiger partial charge in [-0.15, -0.1) is 0 Å². The van der Waals surface area contributed by atoms with E-state index in [4.69, 9.17) is 13.9 Å². The normalized spacial score (nSPS) is 13.1. The summed E-state index contributed by atoms with van der Waals surface area (Å²) in [6.45, 7) is 2.04. The van der Waals surface area contributed by atoms with Crippen molar-refractivity contribution in [3.8, 4) is 33.9 Å². The van der Waals surface area contributed by atoms with Gasteiger partial charge in [0.1, 0.15) is 68.8 Å². The topological polar surface area (TPSA) is 223 Å². The van der Waals surface area contributed by atoms with Crippen molar-refractivity contribution >= 4 is 63.5 Å². The number of para-hydroxylation sites is 2. The van der Waals surface area contributed by atoms with E-state index in [1.807, 2.05) is 36.4 Å². The van der Waals surface area contributed by atoms with Crippen LogP contribution in [0.4, 0.5) is 22.7 Å². The third-order valence-corrected chi connectivity index (χ3v) is 11.4. The number of carboxylic acids is 4. The summed E-state index contributed by atoms with van der Waals surface area (Å²) in [7, 11) is 1.56. The Labute approximate surface area is 371 Å². The molecule has 1 amide bonds. The van der Waals surface area contributed by atoms with Gasteiger partial charge in [-0.3, -0.25) is 19.2 Å². The summed E-state index contributed by atoms with van der Waals surface area (Å²) in [5, 5.41) is 43.5. The molecule has 8 rings (SSSR count). The number of likely N-dealkylation sites (N-methyl/N-ethyl adjacent to an activating group) is 1. The zero-order valence-corrected chi connectivity index (χ0v) is 35.4. The van der Waals surface area contributed by atoms with Crippen molar-refractivity contribution in [1.82, 2.24) is 4.58 Å². The third-order valence-electron chi connectivity index (χ3n) is 11.4. The molecule has 3 heterocycles. The van der Waals surface area contributed by atoms with E-state index in [0.717, 1.165) is 65.9 Å². The number of hydrogen-bond donors (Lipinski definition) is 5. The highest BCUT2D eigenvalue weighted by molar-refractivity contribution is 6.11. The lowest BCUT2D eigenvalue weighted by Gasteiger charge is -2.33. The van der Waals surface area contributed by atoms with Gasteiger partial charge in [0.15, 0.2) is 0 Å². The summed E-state index contributed by atoms with van der Waals surface area (Å²) in [5.74, 6) is -4.38. The van der Waals surface area contributed by atoms with Gasteiger partial charge in [0.2, 0.25) is 5.36 Å². The second kappa shape index (κ2) is 18.7. The standard InChI is InChI=1S/C48H45N5O12/c1-50(26-43(54)55)37-15-9-30(23-42(37)64-21-20-63-39-7-3-2-6-38(39)53(27-44(56)57)28-45(58)59)49-47(60)29-8-12-33(36(22-29)48(61)62)46-34-13-10-31(51-16-4-17-51)24-40(34)65-41-25-32(11-14-35(41)46)52-18-5-19-52/h2-3,6-15,22-25H,4-5,16-21,26-28H2,1H3,(H4-,49,54,55,56,57,58,59,60,61,62)/p+1. The number of nitrogens with one attached hydrogen (secondary N) is 1. The van der Waals surface area contributed by atoms with E-state index in [0.29, 0.717) is 28.2 Å². The maximum Gasteiger partial charge on any atom is 0.336 e. The molecule has 1 aliphatic carbocycles. The Morgan fingerprint density at radius 1 is 0.723 bits per heavy atom. The molecular formula is C48H46N5O12+. The van der Waals surface area contributed by atoms with Crippen LogP contribution in [0.25, 0.3) is 33.4 Å². The second-order valence-corrected chi connectivity index (χ2v) is 15.8. The molecule has 0 bridgehead atoms. The maximum atomic E-state index is 13.9. The van der Waals surface area contributed by atoms with Gasteiger partial charge in [0, 0.05) is 71.8 Å². The number of anilines is 4. The van der Waals surface area contributed by atoms with Crippen molar-refractivity contribution in [2.24, 2.45) is 0 Å². The number of ether oxygens (including phenoxy) is 2. The number of carbonyl (C=O) groups excluding carboxylic acids is 1. The van der Waals surface area contributed by atoms with Crippen molar-refractivity contribution < 1.29 is 58.3 Å². The minimum atomic E-state index is -1.23. The molecule has 3 aliphatic heterocycles. The number of fused-ring (bicyclic) bond motifs is 2. The van der Waals surface area contributed by atoms with Crippen molar-refractivity contribution in [3.05, 3.63) is 114 Å². The lowest BCUT2D eigenvalue weighted by atomic mass is 9.89. The van der Waals surface area contributed by atoms with E-state index in [2.05, 4.69) is 14.8 Å². The van der Waals surface area contributed by atoms with Gasteiger partial charge < -0.3 is 54.3 Å². The summed E-state index contributed by atoms with van der Waals surface area (Å²) < 4.78 is 20.8. The lowest BCUT2D eigenvalue weighted by Crippen LogP contribution is -2.40. The average Bonchev–Trinajstić information content (AvgIpc) is 3.22. The van der Waals surface area contributed by atoms with Gasteiger partial charge in [0.25, 0.3) is 5.91 Å². The molecule has 0 aromatic heterocycles. The highest BCUT2D eigenvalue weighted by atomic mass is 16.5. The number of aromatic carboxylic acids is 1. The Balaban J connectivity index is 1.06. The minimum Gasteiger partial charge on any atom is -0.488 e. The Bertz CT molecular complexity index is 2870. The largest absolute Gasteiger partial charge is 0.488 e. The smallest absolute Gasteiger partial charge is 0.336 e. The van der Waals surface area contributed by atoms with E-state index >= 15 is 0 Å². The quantitative estimate of drug-likeness (QED) is 0.0409. The van der Waals surface area contributed by atoms with E-state index in [9.17, 15) is 44.4 Å². The zero-order valence-electron chi connectivity index (χ0n) is 35.4. The molecule has 5 N–H and O–H groups in total. The van der Waals surface area contributed by atoms with Gasteiger partial charge in [-0.2, -0.15) is 0 Å². The van der Waals surface area contributed by atoms with E-state index < -0.39 is 42.9 Å². The molecule has 4 aromatic rings. The Morgan fingerprint density at radius 2 is 1.43 bits per heavy atom. The molecule has 0 radical (unpaired) electrons. The highest BCUT2D eigenvalue weighted by Gasteiger charge is 2.26. The molecule has 334 valence electrons. The first kappa shape index (κ1) is 43.6. The predicted molar refractivity (Wildman–Crippen MR) is 242 cm³/mol. The van der Waals surface area contributed by atoms with Crippen molar-refractivity contribution in [2.75, 3.05) is 86.1 Å². The molecule has 2 fully saturated rings. The Hall–Kier alpha value is -8.08. The first-order chi connectivity index (χ1) is 31.3. The van der Waals surface area contributed by atoms with E-state index in [1.165, 1.54) is 23.1 Å². The van der Waals surface area contributed by atoms with Gasteiger partial charge in [-0.25, -0.2) is 9.37 Å². The van der Waals surface area contributed by atoms with Crippen LogP contribution in [0.3, 0.4) is 0 Å². The molecule has 0 unspecified atom stereocenters. The number of amides is 1. The maximum absolute atomic E-state index is 13.9. The molecule has 17 heteroatoms. The summed E-state index contributed by atoms with van der Waals surface area (Å²) in [5.41, 5.74) is 4.31. The van der Waals surface area contributed by atoms with Crippen LogP contribution in [0.15, 0.2) is 101 Å². The molecule has 65 heavy (non-hydrogen) atoms. The molecule has 0 saturated carbocycles. The van der Waals surface area contributed by atoms with Gasteiger partial charge in [0.05, 0.1) is 29.4 Å². The molecule has 0 atom stereocenters.